The maximum Gasteiger partial charge on any atom is 0.181 e. The van der Waals surface area contributed by atoms with Gasteiger partial charge in [-0.1, -0.05) is 25.0 Å². The number of ether oxygens (including phenoxy) is 2. The quantitative estimate of drug-likeness (QED) is 0.620. The lowest BCUT2D eigenvalue weighted by molar-refractivity contribution is -0.235. The van der Waals surface area contributed by atoms with Crippen LogP contribution in [0.5, 0.6) is 0 Å². The number of carbonyl (C=O) groups is 1. The first-order chi connectivity index (χ1) is 8.79. The van der Waals surface area contributed by atoms with Crippen LogP contribution >= 0.6 is 0 Å². The van der Waals surface area contributed by atoms with E-state index >= 15 is 0 Å². The number of Topliss-reactive ketones (excluding diaryl/α,β-unsaturated/α-hetero) is 1. The van der Waals surface area contributed by atoms with Crippen LogP contribution in [0, 0.1) is 5.41 Å². The Hall–Kier alpha value is -0.670. The summed E-state index contributed by atoms with van der Waals surface area (Å²) in [5.41, 5.74) is -0.410. The minimum atomic E-state index is -0.616. The van der Waals surface area contributed by atoms with Crippen LogP contribution in [0.3, 0.4) is 0 Å². The van der Waals surface area contributed by atoms with Gasteiger partial charge in [0.2, 0.25) is 0 Å². The van der Waals surface area contributed by atoms with Crippen molar-refractivity contribution in [1.29, 1.82) is 0 Å². The summed E-state index contributed by atoms with van der Waals surface area (Å²) >= 11 is 0. The van der Waals surface area contributed by atoms with E-state index in [0.29, 0.717) is 25.4 Å². The highest BCUT2D eigenvalue weighted by Crippen LogP contribution is 2.52. The van der Waals surface area contributed by atoms with E-state index in [-0.39, 0.29) is 0 Å². The molecule has 1 saturated carbocycles. The molecule has 2 fully saturated rings. The van der Waals surface area contributed by atoms with Crippen molar-refractivity contribution < 1.29 is 14.3 Å². The maximum absolute atomic E-state index is 12.7. The van der Waals surface area contributed by atoms with Crippen molar-refractivity contribution in [3.8, 4) is 0 Å². The van der Waals surface area contributed by atoms with Crippen molar-refractivity contribution in [2.45, 2.75) is 57.2 Å². The zero-order chi connectivity index (χ0) is 12.5. The van der Waals surface area contributed by atoms with Gasteiger partial charge >= 0.3 is 0 Å². The summed E-state index contributed by atoms with van der Waals surface area (Å²) in [7, 11) is 0. The summed E-state index contributed by atoms with van der Waals surface area (Å²) in [5, 5.41) is 0. The third kappa shape index (κ3) is 1.76. The van der Waals surface area contributed by atoms with Crippen LogP contribution in [0.15, 0.2) is 12.2 Å². The number of allylic oxidation sites excluding steroid dienone is 2. The molecular formula is C15H22O3. The minimum absolute atomic E-state index is 0.358. The number of ketones is 1. The van der Waals surface area contributed by atoms with E-state index < -0.39 is 11.2 Å². The molecule has 1 heterocycles. The fraction of sp³-hybridized carbons (Fsp3) is 0.800. The third-order valence-corrected chi connectivity index (χ3v) is 4.80. The molecule has 100 valence electrons. The van der Waals surface area contributed by atoms with Gasteiger partial charge in [0, 0.05) is 12.8 Å². The molecule has 0 N–H and O–H groups in total. The number of carbonyl (C=O) groups excluding carboxylic acids is 1. The van der Waals surface area contributed by atoms with Crippen molar-refractivity contribution in [2.75, 3.05) is 13.2 Å². The fourth-order valence-electron chi connectivity index (χ4n) is 3.85. The van der Waals surface area contributed by atoms with E-state index in [9.17, 15) is 4.79 Å². The zero-order valence-electron chi connectivity index (χ0n) is 11.0. The molecule has 1 saturated heterocycles. The number of hydrogen-bond acceptors (Lipinski definition) is 3. The molecule has 0 aromatic heterocycles. The molecule has 3 heteroatoms. The van der Waals surface area contributed by atoms with Crippen molar-refractivity contribution >= 4 is 5.78 Å². The Labute approximate surface area is 109 Å². The number of hydrogen-bond donors (Lipinski definition) is 0. The Bertz CT molecular complexity index is 355. The van der Waals surface area contributed by atoms with Crippen LogP contribution in [-0.4, -0.2) is 24.8 Å². The third-order valence-electron chi connectivity index (χ3n) is 4.80. The summed E-state index contributed by atoms with van der Waals surface area (Å²) in [4.78, 5) is 12.7. The van der Waals surface area contributed by atoms with Crippen molar-refractivity contribution in [3.63, 3.8) is 0 Å². The van der Waals surface area contributed by atoms with Crippen LogP contribution < -0.4 is 0 Å². The molecule has 0 bridgehead atoms. The van der Waals surface area contributed by atoms with Crippen LogP contribution in [0.1, 0.15) is 51.4 Å². The zero-order valence-corrected chi connectivity index (χ0v) is 11.0. The monoisotopic (exact) mass is 250 g/mol. The Kier molecular flexibility index (Phi) is 3.29. The predicted molar refractivity (Wildman–Crippen MR) is 68.2 cm³/mol. The van der Waals surface area contributed by atoms with Gasteiger partial charge in [0.05, 0.1) is 18.6 Å². The summed E-state index contributed by atoms with van der Waals surface area (Å²) in [6, 6.07) is 0. The van der Waals surface area contributed by atoms with Crippen LogP contribution in [-0.2, 0) is 14.3 Å². The van der Waals surface area contributed by atoms with Gasteiger partial charge in [-0.3, -0.25) is 4.79 Å². The first-order valence-corrected chi connectivity index (χ1v) is 7.25. The molecule has 0 aromatic rings. The van der Waals surface area contributed by atoms with Crippen LogP contribution in [0.2, 0.25) is 0 Å². The molecule has 1 unspecified atom stereocenters. The first kappa shape index (κ1) is 12.4. The maximum atomic E-state index is 12.7. The summed E-state index contributed by atoms with van der Waals surface area (Å²) in [6.45, 7) is 1.28. The summed E-state index contributed by atoms with van der Waals surface area (Å²) < 4.78 is 12.0. The second-order valence-corrected chi connectivity index (χ2v) is 5.73. The lowest BCUT2D eigenvalue weighted by atomic mass is 9.69. The molecule has 1 aliphatic heterocycles. The summed E-state index contributed by atoms with van der Waals surface area (Å²) in [6.07, 6.45) is 11.8. The van der Waals surface area contributed by atoms with E-state index in [2.05, 4.69) is 12.2 Å². The van der Waals surface area contributed by atoms with E-state index in [1.54, 1.807) is 0 Å². The predicted octanol–water partition coefficient (Wildman–Crippen LogP) is 2.99. The fourth-order valence-corrected chi connectivity index (χ4v) is 3.85. The number of fused-ring (bicyclic) bond motifs is 1. The Morgan fingerprint density at radius 1 is 1.00 bits per heavy atom. The van der Waals surface area contributed by atoms with Crippen molar-refractivity contribution in [2.24, 2.45) is 5.41 Å². The van der Waals surface area contributed by atoms with Gasteiger partial charge in [-0.25, -0.2) is 0 Å². The van der Waals surface area contributed by atoms with Crippen LogP contribution in [0.25, 0.3) is 0 Å². The van der Waals surface area contributed by atoms with Crippen molar-refractivity contribution in [1.82, 2.24) is 0 Å². The highest BCUT2D eigenvalue weighted by Gasteiger charge is 2.59. The molecule has 3 nitrogen and oxygen atoms in total. The normalized spacial score (nSPS) is 35.9. The largest absolute Gasteiger partial charge is 0.346 e. The average molecular weight is 250 g/mol. The first-order valence-electron chi connectivity index (χ1n) is 7.25. The second-order valence-electron chi connectivity index (χ2n) is 5.73. The minimum Gasteiger partial charge on any atom is -0.346 e. The molecule has 0 amide bonds. The smallest absolute Gasteiger partial charge is 0.181 e. The molecule has 3 rings (SSSR count). The van der Waals surface area contributed by atoms with Gasteiger partial charge in [-0.05, 0) is 25.7 Å². The highest BCUT2D eigenvalue weighted by molar-refractivity contribution is 5.86. The Morgan fingerprint density at radius 3 is 2.61 bits per heavy atom. The molecule has 0 radical (unpaired) electrons. The van der Waals surface area contributed by atoms with E-state index in [0.717, 1.165) is 38.5 Å². The summed E-state index contributed by atoms with van der Waals surface area (Å²) in [5.74, 6) is -0.258. The van der Waals surface area contributed by atoms with Crippen molar-refractivity contribution in [3.05, 3.63) is 12.2 Å². The van der Waals surface area contributed by atoms with Gasteiger partial charge in [-0.2, -0.15) is 0 Å². The average Bonchev–Trinajstić information content (AvgIpc) is 2.67. The molecular weight excluding hydrogens is 228 g/mol. The topological polar surface area (TPSA) is 35.5 Å². The Morgan fingerprint density at radius 2 is 1.78 bits per heavy atom. The lowest BCUT2D eigenvalue weighted by Gasteiger charge is -2.44. The molecule has 1 atom stereocenters. The molecule has 2 aliphatic carbocycles. The molecule has 2 spiro atoms. The van der Waals surface area contributed by atoms with E-state index in [4.69, 9.17) is 9.47 Å². The van der Waals surface area contributed by atoms with Gasteiger partial charge in [0.15, 0.2) is 5.79 Å². The molecule has 3 aliphatic rings. The SMILES string of the molecule is O=C1CCC=CCC12CCCCCC21OCCO1. The Balaban J connectivity index is 2.01. The highest BCUT2D eigenvalue weighted by atomic mass is 16.7. The van der Waals surface area contributed by atoms with Gasteiger partial charge in [0.1, 0.15) is 5.78 Å². The molecule has 0 aromatic carbocycles. The van der Waals surface area contributed by atoms with Crippen LogP contribution in [0.4, 0.5) is 0 Å². The van der Waals surface area contributed by atoms with Gasteiger partial charge < -0.3 is 9.47 Å². The number of rotatable bonds is 0. The van der Waals surface area contributed by atoms with E-state index in [1.165, 1.54) is 6.42 Å². The van der Waals surface area contributed by atoms with Gasteiger partial charge in [-0.15, -0.1) is 0 Å². The second kappa shape index (κ2) is 4.78. The molecule has 18 heavy (non-hydrogen) atoms. The van der Waals surface area contributed by atoms with E-state index in [1.807, 2.05) is 0 Å². The van der Waals surface area contributed by atoms with Gasteiger partial charge in [0.25, 0.3) is 0 Å². The standard InChI is InChI=1S/C15H22O3/c16-13-7-3-1-4-8-14(13)9-5-2-6-10-15(14)17-11-12-18-15/h1,4H,2-3,5-12H2. The lowest BCUT2D eigenvalue weighted by Crippen LogP contribution is -2.53.